The van der Waals surface area contributed by atoms with Crippen LogP contribution < -0.4 is 5.32 Å². The average molecular weight is 207 g/mol. The summed E-state index contributed by atoms with van der Waals surface area (Å²) in [7, 11) is 0. The van der Waals surface area contributed by atoms with Crippen LogP contribution in [0.5, 0.6) is 0 Å². The Labute approximate surface area is 90.1 Å². The predicted molar refractivity (Wildman–Crippen MR) is 61.3 cm³/mol. The lowest BCUT2D eigenvalue weighted by molar-refractivity contribution is 0.0698. The second kappa shape index (κ2) is 5.39. The molecular formula is C12H17NO2. The van der Waals surface area contributed by atoms with Crippen LogP contribution in [0.1, 0.15) is 30.6 Å². The number of carboxylic acids is 1. The summed E-state index contributed by atoms with van der Waals surface area (Å²) in [5, 5.41) is 12.1. The third-order valence-electron chi connectivity index (χ3n) is 2.50. The van der Waals surface area contributed by atoms with Gasteiger partial charge in [-0.05, 0) is 18.1 Å². The number of hydrogen-bond acceptors (Lipinski definition) is 2. The molecule has 0 aromatic heterocycles. The summed E-state index contributed by atoms with van der Waals surface area (Å²) < 4.78 is 0. The van der Waals surface area contributed by atoms with Crippen molar-refractivity contribution in [3.05, 3.63) is 29.8 Å². The minimum absolute atomic E-state index is 0.334. The molecule has 3 heteroatoms. The number of carboxylic acid groups (broad SMARTS) is 1. The molecule has 0 heterocycles. The summed E-state index contributed by atoms with van der Waals surface area (Å²) in [6, 6.07) is 6.98. The van der Waals surface area contributed by atoms with Crippen LogP contribution in [0.15, 0.2) is 24.3 Å². The number of hydrogen-bond donors (Lipinski definition) is 2. The predicted octanol–water partition coefficient (Wildman–Crippen LogP) is 2.84. The van der Waals surface area contributed by atoms with E-state index in [0.29, 0.717) is 17.2 Å². The molecule has 1 aromatic carbocycles. The van der Waals surface area contributed by atoms with E-state index in [2.05, 4.69) is 19.2 Å². The number of rotatable bonds is 5. The number of carbonyl (C=O) groups is 1. The smallest absolute Gasteiger partial charge is 0.337 e. The Morgan fingerprint density at radius 3 is 2.73 bits per heavy atom. The van der Waals surface area contributed by atoms with E-state index in [1.165, 1.54) is 0 Å². The summed E-state index contributed by atoms with van der Waals surface area (Å²) in [6.45, 7) is 5.06. The minimum Gasteiger partial charge on any atom is -0.478 e. The molecule has 0 radical (unpaired) electrons. The van der Waals surface area contributed by atoms with Crippen molar-refractivity contribution < 1.29 is 9.90 Å². The van der Waals surface area contributed by atoms with Crippen LogP contribution in [-0.4, -0.2) is 17.6 Å². The molecule has 0 saturated carbocycles. The van der Waals surface area contributed by atoms with Gasteiger partial charge in [-0.2, -0.15) is 0 Å². The van der Waals surface area contributed by atoms with Gasteiger partial charge in [0, 0.05) is 12.2 Å². The zero-order valence-corrected chi connectivity index (χ0v) is 9.16. The van der Waals surface area contributed by atoms with E-state index >= 15 is 0 Å². The van der Waals surface area contributed by atoms with Crippen LogP contribution in [0.3, 0.4) is 0 Å². The highest BCUT2D eigenvalue weighted by Gasteiger charge is 2.08. The summed E-state index contributed by atoms with van der Waals surface area (Å²) in [6.07, 6.45) is 1.09. The van der Waals surface area contributed by atoms with Crippen molar-refractivity contribution in [2.75, 3.05) is 11.9 Å². The molecule has 3 nitrogen and oxygen atoms in total. The highest BCUT2D eigenvalue weighted by molar-refractivity contribution is 5.94. The first kappa shape index (κ1) is 11.6. The monoisotopic (exact) mass is 207 g/mol. The number of para-hydroxylation sites is 1. The van der Waals surface area contributed by atoms with E-state index in [9.17, 15) is 4.79 Å². The highest BCUT2D eigenvalue weighted by Crippen LogP contribution is 2.15. The number of benzene rings is 1. The molecule has 1 unspecified atom stereocenters. The van der Waals surface area contributed by atoms with Crippen molar-refractivity contribution in [1.82, 2.24) is 0 Å². The normalized spacial score (nSPS) is 12.1. The van der Waals surface area contributed by atoms with Gasteiger partial charge >= 0.3 is 5.97 Å². The van der Waals surface area contributed by atoms with Crippen LogP contribution in [0.2, 0.25) is 0 Å². The number of nitrogens with one attached hydrogen (secondary N) is 1. The molecule has 2 N–H and O–H groups in total. The fourth-order valence-corrected chi connectivity index (χ4v) is 1.25. The molecule has 1 rings (SSSR count). The third kappa shape index (κ3) is 3.27. The fourth-order valence-electron chi connectivity index (χ4n) is 1.25. The molecule has 0 aliphatic rings. The van der Waals surface area contributed by atoms with E-state index in [4.69, 9.17) is 5.11 Å². The molecule has 0 saturated heterocycles. The molecule has 0 bridgehead atoms. The van der Waals surface area contributed by atoms with Gasteiger partial charge in [0.05, 0.1) is 5.56 Å². The van der Waals surface area contributed by atoms with Gasteiger partial charge in [0.15, 0.2) is 0 Å². The molecule has 1 atom stereocenters. The molecule has 15 heavy (non-hydrogen) atoms. The van der Waals surface area contributed by atoms with Gasteiger partial charge in [0.2, 0.25) is 0 Å². The van der Waals surface area contributed by atoms with E-state index in [1.54, 1.807) is 18.2 Å². The first-order valence-electron chi connectivity index (χ1n) is 5.21. The van der Waals surface area contributed by atoms with Crippen molar-refractivity contribution in [1.29, 1.82) is 0 Å². The van der Waals surface area contributed by atoms with Gasteiger partial charge in [-0.3, -0.25) is 0 Å². The summed E-state index contributed by atoms with van der Waals surface area (Å²) in [5.74, 6) is -0.339. The lowest BCUT2D eigenvalue weighted by atomic mass is 10.1. The summed E-state index contributed by atoms with van der Waals surface area (Å²) >= 11 is 0. The standard InChI is InChI=1S/C12H17NO2/c1-3-9(2)8-13-11-7-5-4-6-10(11)12(14)15/h4-7,9,13H,3,8H2,1-2H3,(H,14,15). The largest absolute Gasteiger partial charge is 0.478 e. The maximum Gasteiger partial charge on any atom is 0.337 e. The average Bonchev–Trinajstić information content (AvgIpc) is 2.26. The van der Waals surface area contributed by atoms with Gasteiger partial charge in [-0.1, -0.05) is 32.4 Å². The fraction of sp³-hybridized carbons (Fsp3) is 0.417. The Bertz CT molecular complexity index is 336. The Kier molecular flexibility index (Phi) is 4.16. The Hall–Kier alpha value is -1.51. The van der Waals surface area contributed by atoms with Gasteiger partial charge in [0.25, 0.3) is 0 Å². The lowest BCUT2D eigenvalue weighted by Gasteiger charge is -2.12. The molecular weight excluding hydrogens is 190 g/mol. The molecule has 0 aliphatic heterocycles. The van der Waals surface area contributed by atoms with Crippen LogP contribution in [0.4, 0.5) is 5.69 Å². The van der Waals surface area contributed by atoms with Crippen molar-refractivity contribution in [3.63, 3.8) is 0 Å². The number of anilines is 1. The first-order valence-corrected chi connectivity index (χ1v) is 5.21. The van der Waals surface area contributed by atoms with Crippen LogP contribution in [-0.2, 0) is 0 Å². The Balaban J connectivity index is 2.72. The van der Waals surface area contributed by atoms with E-state index in [0.717, 1.165) is 13.0 Å². The topological polar surface area (TPSA) is 49.3 Å². The zero-order chi connectivity index (χ0) is 11.3. The molecule has 0 amide bonds. The SMILES string of the molecule is CCC(C)CNc1ccccc1C(=O)O. The Morgan fingerprint density at radius 2 is 2.13 bits per heavy atom. The van der Waals surface area contributed by atoms with E-state index in [-0.39, 0.29) is 0 Å². The Morgan fingerprint density at radius 1 is 1.47 bits per heavy atom. The van der Waals surface area contributed by atoms with Gasteiger partial charge in [0.1, 0.15) is 0 Å². The lowest BCUT2D eigenvalue weighted by Crippen LogP contribution is -2.13. The second-order valence-electron chi connectivity index (χ2n) is 3.75. The first-order chi connectivity index (χ1) is 7.15. The molecule has 82 valence electrons. The summed E-state index contributed by atoms with van der Waals surface area (Å²) in [5.41, 5.74) is 1.03. The van der Waals surface area contributed by atoms with Gasteiger partial charge < -0.3 is 10.4 Å². The minimum atomic E-state index is -0.887. The maximum atomic E-state index is 10.9. The molecule has 0 aliphatic carbocycles. The summed E-state index contributed by atoms with van der Waals surface area (Å²) in [4.78, 5) is 10.9. The van der Waals surface area contributed by atoms with Crippen LogP contribution >= 0.6 is 0 Å². The van der Waals surface area contributed by atoms with E-state index in [1.807, 2.05) is 6.07 Å². The molecule has 0 fully saturated rings. The molecule has 1 aromatic rings. The van der Waals surface area contributed by atoms with Crippen molar-refractivity contribution in [3.8, 4) is 0 Å². The highest BCUT2D eigenvalue weighted by atomic mass is 16.4. The van der Waals surface area contributed by atoms with Crippen LogP contribution in [0.25, 0.3) is 0 Å². The van der Waals surface area contributed by atoms with Crippen molar-refractivity contribution in [2.45, 2.75) is 20.3 Å². The van der Waals surface area contributed by atoms with Gasteiger partial charge in [-0.25, -0.2) is 4.79 Å². The van der Waals surface area contributed by atoms with Gasteiger partial charge in [-0.15, -0.1) is 0 Å². The van der Waals surface area contributed by atoms with E-state index < -0.39 is 5.97 Å². The zero-order valence-electron chi connectivity index (χ0n) is 9.16. The van der Waals surface area contributed by atoms with Crippen LogP contribution in [0, 0.1) is 5.92 Å². The maximum absolute atomic E-state index is 10.9. The molecule has 0 spiro atoms. The third-order valence-corrected chi connectivity index (χ3v) is 2.50. The number of aromatic carboxylic acids is 1. The quantitative estimate of drug-likeness (QED) is 0.780. The second-order valence-corrected chi connectivity index (χ2v) is 3.75. The van der Waals surface area contributed by atoms with Crippen molar-refractivity contribution >= 4 is 11.7 Å². The van der Waals surface area contributed by atoms with Crippen molar-refractivity contribution in [2.24, 2.45) is 5.92 Å².